The summed E-state index contributed by atoms with van der Waals surface area (Å²) in [5, 5.41) is 3.19. The number of rotatable bonds is 0. The molecule has 0 saturated carbocycles. The molecule has 0 aliphatic rings. The fraction of sp³-hybridized carbons (Fsp3) is 0.333. The average Bonchev–Trinajstić information content (AvgIpc) is 1.97. The lowest BCUT2D eigenvalue weighted by atomic mass is 10.1. The molecule has 2 rings (SSSR count). The summed E-state index contributed by atoms with van der Waals surface area (Å²) in [6, 6.07) is 4.39. The Hall–Kier alpha value is -1.18. The molecular formula is C9H12N2. The van der Waals surface area contributed by atoms with E-state index in [0.717, 1.165) is 0 Å². The van der Waals surface area contributed by atoms with Gasteiger partial charge < -0.3 is 0 Å². The van der Waals surface area contributed by atoms with Gasteiger partial charge in [0.1, 0.15) is 0 Å². The van der Waals surface area contributed by atoms with Crippen molar-refractivity contribution in [2.45, 2.75) is 13.8 Å². The summed E-state index contributed by atoms with van der Waals surface area (Å²) in [6.07, 6.45) is 0. The third-order valence-electron chi connectivity index (χ3n) is 2.26. The van der Waals surface area contributed by atoms with E-state index < -0.39 is 0 Å². The van der Waals surface area contributed by atoms with E-state index in [2.05, 4.69) is 31.1 Å². The zero-order chi connectivity index (χ0) is 8.01. The molecule has 0 spiro atoms. The number of aryl methyl sites for hydroxylation is 3. The predicted octanol–water partition coefficient (Wildman–Crippen LogP) is 2.12. The molecule has 0 atom stereocenters. The minimum atomic E-state index is 1.25. The quantitative estimate of drug-likeness (QED) is 0.590. The number of H-pyrrole nitrogens is 1. The number of aromatic amines is 1. The normalized spacial score (nSPS) is 11.2. The summed E-state index contributed by atoms with van der Waals surface area (Å²) in [5.41, 5.74) is 5.25. The highest BCUT2D eigenvalue weighted by atomic mass is 15.3. The molecule has 0 unspecified atom stereocenters. The van der Waals surface area contributed by atoms with Gasteiger partial charge in [0.05, 0.1) is 11.0 Å². The number of nitrogens with zero attached hydrogens (tertiary/aromatic N) is 1. The lowest BCUT2D eigenvalue weighted by Crippen LogP contribution is -2.05. The molecule has 2 heteroatoms. The first-order chi connectivity index (χ1) is 5.18. The first kappa shape index (κ1) is 6.53. The lowest BCUT2D eigenvalue weighted by molar-refractivity contribution is 0.761. The molecule has 0 aliphatic heterocycles. The number of aromatic nitrogens is 2. The Labute approximate surface area is 65.8 Å². The minimum Gasteiger partial charge on any atom is -0.296 e. The van der Waals surface area contributed by atoms with Crippen LogP contribution in [0, 0.1) is 13.8 Å². The molecule has 1 aromatic carbocycles. The van der Waals surface area contributed by atoms with Crippen molar-refractivity contribution in [2.24, 2.45) is 7.05 Å². The van der Waals surface area contributed by atoms with Crippen molar-refractivity contribution in [3.8, 4) is 0 Å². The van der Waals surface area contributed by atoms with Crippen molar-refractivity contribution in [3.63, 3.8) is 0 Å². The highest BCUT2D eigenvalue weighted by Gasteiger charge is 2.02. The first-order valence-corrected chi connectivity index (χ1v) is 3.80. The molecule has 1 heterocycles. The molecule has 0 saturated heterocycles. The number of nitrogens with one attached hydrogen (secondary N) is 1. The Balaban J connectivity index is 2.76. The van der Waals surface area contributed by atoms with Gasteiger partial charge in [0, 0.05) is 7.05 Å². The minimum absolute atomic E-state index is 1.25. The molecule has 0 aliphatic carbocycles. The van der Waals surface area contributed by atoms with Crippen LogP contribution in [0.15, 0.2) is 12.1 Å². The zero-order valence-corrected chi connectivity index (χ0v) is 7.10. The smallest absolute Gasteiger partial charge is 0.0820 e. The summed E-state index contributed by atoms with van der Waals surface area (Å²) < 4.78 is 2.03. The molecule has 58 valence electrons. The standard InChI is InChI=1S/C9H12N2/c1-6-4-8-9(5-7(6)2)11(3)10-8/h4-5,10H,1-3H3. The Morgan fingerprint density at radius 2 is 1.82 bits per heavy atom. The summed E-state index contributed by atoms with van der Waals surface area (Å²) in [5.74, 6) is 0. The SMILES string of the molecule is Cc1cc2[nH]n(C)c2cc1C. The maximum Gasteiger partial charge on any atom is 0.0820 e. The zero-order valence-electron chi connectivity index (χ0n) is 7.10. The van der Waals surface area contributed by atoms with Crippen LogP contribution in [0.3, 0.4) is 0 Å². The maximum absolute atomic E-state index is 3.19. The second kappa shape index (κ2) is 1.91. The van der Waals surface area contributed by atoms with E-state index in [9.17, 15) is 0 Å². The molecular weight excluding hydrogens is 136 g/mol. The summed E-state index contributed by atoms with van der Waals surface area (Å²) in [6.45, 7) is 4.28. The Kier molecular flexibility index (Phi) is 1.13. The van der Waals surface area contributed by atoms with Crippen molar-refractivity contribution in [2.75, 3.05) is 0 Å². The number of benzene rings is 1. The van der Waals surface area contributed by atoms with Gasteiger partial charge in [-0.3, -0.25) is 9.78 Å². The second-order valence-electron chi connectivity index (χ2n) is 3.12. The highest BCUT2D eigenvalue weighted by molar-refractivity contribution is 5.78. The fourth-order valence-electron chi connectivity index (χ4n) is 1.36. The van der Waals surface area contributed by atoms with Crippen LogP contribution in [0.5, 0.6) is 0 Å². The third-order valence-corrected chi connectivity index (χ3v) is 2.26. The van der Waals surface area contributed by atoms with Crippen molar-refractivity contribution in [1.29, 1.82) is 0 Å². The van der Waals surface area contributed by atoms with Gasteiger partial charge in [-0.05, 0) is 37.1 Å². The monoisotopic (exact) mass is 148 g/mol. The molecule has 11 heavy (non-hydrogen) atoms. The van der Waals surface area contributed by atoms with E-state index >= 15 is 0 Å². The van der Waals surface area contributed by atoms with Crippen LogP contribution in [0.4, 0.5) is 0 Å². The van der Waals surface area contributed by atoms with E-state index in [1.165, 1.54) is 22.2 Å². The van der Waals surface area contributed by atoms with Crippen LogP contribution in [-0.4, -0.2) is 9.78 Å². The average molecular weight is 148 g/mol. The van der Waals surface area contributed by atoms with E-state index in [1.54, 1.807) is 0 Å². The summed E-state index contributed by atoms with van der Waals surface area (Å²) in [4.78, 5) is 0. The van der Waals surface area contributed by atoms with Crippen LogP contribution >= 0.6 is 0 Å². The van der Waals surface area contributed by atoms with Crippen molar-refractivity contribution >= 4 is 11.0 Å². The van der Waals surface area contributed by atoms with Gasteiger partial charge in [0.2, 0.25) is 0 Å². The third kappa shape index (κ3) is 0.788. The van der Waals surface area contributed by atoms with Gasteiger partial charge in [-0.2, -0.15) is 0 Å². The Morgan fingerprint density at radius 1 is 1.18 bits per heavy atom. The molecule has 2 nitrogen and oxygen atoms in total. The second-order valence-corrected chi connectivity index (χ2v) is 3.12. The first-order valence-electron chi connectivity index (χ1n) is 3.80. The van der Waals surface area contributed by atoms with Gasteiger partial charge in [-0.25, -0.2) is 0 Å². The number of hydrogen-bond acceptors (Lipinski definition) is 0. The Morgan fingerprint density at radius 3 is 2.45 bits per heavy atom. The van der Waals surface area contributed by atoms with Gasteiger partial charge in [0.15, 0.2) is 0 Å². The van der Waals surface area contributed by atoms with Crippen molar-refractivity contribution in [3.05, 3.63) is 23.3 Å². The molecule has 0 bridgehead atoms. The molecule has 0 amide bonds. The molecule has 0 radical (unpaired) electrons. The summed E-state index contributed by atoms with van der Waals surface area (Å²) >= 11 is 0. The largest absolute Gasteiger partial charge is 0.296 e. The number of fused-ring (bicyclic) bond motifs is 1. The van der Waals surface area contributed by atoms with E-state index in [-0.39, 0.29) is 0 Å². The molecule has 1 N–H and O–H groups in total. The topological polar surface area (TPSA) is 20.7 Å². The van der Waals surface area contributed by atoms with E-state index in [0.29, 0.717) is 0 Å². The van der Waals surface area contributed by atoms with Gasteiger partial charge >= 0.3 is 0 Å². The highest BCUT2D eigenvalue weighted by Crippen LogP contribution is 2.18. The van der Waals surface area contributed by atoms with Crippen LogP contribution in [0.2, 0.25) is 0 Å². The van der Waals surface area contributed by atoms with Gasteiger partial charge in [-0.15, -0.1) is 0 Å². The molecule has 0 fully saturated rings. The maximum atomic E-state index is 3.19. The number of hydrogen-bond donors (Lipinski definition) is 1. The van der Waals surface area contributed by atoms with Crippen LogP contribution < -0.4 is 0 Å². The molecule has 2 aromatic rings. The van der Waals surface area contributed by atoms with Crippen LogP contribution in [-0.2, 0) is 7.05 Å². The summed E-state index contributed by atoms with van der Waals surface area (Å²) in [7, 11) is 2.02. The predicted molar refractivity (Wildman–Crippen MR) is 46.7 cm³/mol. The molecule has 1 aromatic heterocycles. The van der Waals surface area contributed by atoms with Gasteiger partial charge in [0.25, 0.3) is 0 Å². The fourth-order valence-corrected chi connectivity index (χ4v) is 1.36. The van der Waals surface area contributed by atoms with Gasteiger partial charge in [-0.1, -0.05) is 0 Å². The Bertz CT molecular complexity index is 393. The van der Waals surface area contributed by atoms with Crippen molar-refractivity contribution in [1.82, 2.24) is 9.78 Å². The van der Waals surface area contributed by atoms with E-state index in [1.807, 2.05) is 11.7 Å². The van der Waals surface area contributed by atoms with Crippen molar-refractivity contribution < 1.29 is 0 Å². The van der Waals surface area contributed by atoms with E-state index in [4.69, 9.17) is 0 Å². The van der Waals surface area contributed by atoms with Crippen LogP contribution in [0.1, 0.15) is 11.1 Å². The van der Waals surface area contributed by atoms with Crippen LogP contribution in [0.25, 0.3) is 11.0 Å². The lowest BCUT2D eigenvalue weighted by Gasteiger charge is -2.13.